The van der Waals surface area contributed by atoms with Crippen LogP contribution in [0.3, 0.4) is 0 Å². The number of carboxylic acid groups (broad SMARTS) is 1. The molecule has 1 heterocycles. The molecule has 0 amide bonds. The van der Waals surface area contributed by atoms with E-state index in [0.717, 1.165) is 0 Å². The first-order chi connectivity index (χ1) is 8.66. The van der Waals surface area contributed by atoms with Crippen molar-refractivity contribution < 1.29 is 31.9 Å². The summed E-state index contributed by atoms with van der Waals surface area (Å²) in [5, 5.41) is 8.56. The van der Waals surface area contributed by atoms with E-state index in [2.05, 4.69) is 4.98 Å². The van der Waals surface area contributed by atoms with Gasteiger partial charge in [0.1, 0.15) is 5.69 Å². The predicted octanol–water partition coefficient (Wildman–Crippen LogP) is 2.12. The summed E-state index contributed by atoms with van der Waals surface area (Å²) >= 11 is 0. The topological polar surface area (TPSA) is 76.2 Å². The van der Waals surface area contributed by atoms with E-state index in [1.54, 1.807) is 0 Å². The first-order valence-electron chi connectivity index (χ1n) is 4.96. The number of hydrogen-bond acceptors (Lipinski definition) is 3. The first kappa shape index (κ1) is 15.3. The fraction of sp³-hybridized carbons (Fsp3) is 0.400. The highest BCUT2D eigenvalue weighted by atomic mass is 19.4. The molecule has 0 radical (unpaired) electrons. The smallest absolute Gasteiger partial charge is 0.418 e. The van der Waals surface area contributed by atoms with Gasteiger partial charge in [0, 0.05) is 6.54 Å². The molecule has 0 aromatic carbocycles. The lowest BCUT2D eigenvalue weighted by molar-refractivity contribution is -0.140. The molecular weight excluding hydrogens is 275 g/mol. The molecule has 106 valence electrons. The number of carboxylic acids is 1. The van der Waals surface area contributed by atoms with Crippen molar-refractivity contribution in [2.45, 2.75) is 25.6 Å². The van der Waals surface area contributed by atoms with Gasteiger partial charge in [0.15, 0.2) is 0 Å². The second kappa shape index (κ2) is 5.47. The number of halogens is 5. The normalized spacial score (nSPS) is 11.9. The quantitative estimate of drug-likeness (QED) is 0.830. The number of nitrogens with zero attached hydrogens (tertiary/aromatic N) is 1. The standard InChI is InChI=1S/C10H9F5N2O2/c11-9(12)8-5(10(13,14)15)1-4(3-16)6(17-8)2-7(18)19/h1,9H,2-3,16H2,(H,18,19). The largest absolute Gasteiger partial charge is 0.481 e. The van der Waals surface area contributed by atoms with E-state index in [-0.39, 0.29) is 5.56 Å². The molecule has 4 nitrogen and oxygen atoms in total. The summed E-state index contributed by atoms with van der Waals surface area (Å²) in [7, 11) is 0. The Labute approximate surface area is 104 Å². The first-order valence-corrected chi connectivity index (χ1v) is 4.96. The van der Waals surface area contributed by atoms with Gasteiger partial charge in [-0.15, -0.1) is 0 Å². The van der Waals surface area contributed by atoms with Gasteiger partial charge < -0.3 is 10.8 Å². The van der Waals surface area contributed by atoms with Crippen LogP contribution >= 0.6 is 0 Å². The molecule has 0 aliphatic rings. The summed E-state index contributed by atoms with van der Waals surface area (Å²) in [5.74, 6) is -1.40. The van der Waals surface area contributed by atoms with E-state index in [4.69, 9.17) is 10.8 Å². The van der Waals surface area contributed by atoms with Gasteiger partial charge >= 0.3 is 12.1 Å². The molecule has 0 fully saturated rings. The van der Waals surface area contributed by atoms with Crippen molar-refractivity contribution in [1.82, 2.24) is 4.98 Å². The molecule has 0 saturated heterocycles. The molecule has 0 aliphatic heterocycles. The molecular formula is C10H9F5N2O2. The molecule has 0 atom stereocenters. The lowest BCUT2D eigenvalue weighted by Gasteiger charge is -2.15. The second-order valence-electron chi connectivity index (χ2n) is 3.60. The highest BCUT2D eigenvalue weighted by Gasteiger charge is 2.37. The number of hydrogen-bond donors (Lipinski definition) is 2. The molecule has 0 unspecified atom stereocenters. The van der Waals surface area contributed by atoms with Crippen molar-refractivity contribution in [1.29, 1.82) is 0 Å². The summed E-state index contributed by atoms with van der Waals surface area (Å²) in [4.78, 5) is 13.6. The van der Waals surface area contributed by atoms with Crippen LogP contribution in [0.1, 0.15) is 28.9 Å². The van der Waals surface area contributed by atoms with Crippen LogP contribution in [0.2, 0.25) is 0 Å². The second-order valence-corrected chi connectivity index (χ2v) is 3.60. The summed E-state index contributed by atoms with van der Waals surface area (Å²) in [6.07, 6.45) is -9.24. The van der Waals surface area contributed by atoms with Crippen LogP contribution in [-0.4, -0.2) is 16.1 Å². The maximum atomic E-state index is 12.6. The predicted molar refractivity (Wildman–Crippen MR) is 53.4 cm³/mol. The monoisotopic (exact) mass is 284 g/mol. The zero-order valence-electron chi connectivity index (χ0n) is 9.34. The lowest BCUT2D eigenvalue weighted by Crippen LogP contribution is -2.17. The van der Waals surface area contributed by atoms with Gasteiger partial charge in [-0.1, -0.05) is 0 Å². The molecule has 3 N–H and O–H groups in total. The number of aliphatic carboxylic acids is 1. The highest BCUT2D eigenvalue weighted by Crippen LogP contribution is 2.36. The molecule has 0 saturated carbocycles. The Bertz CT molecular complexity index is 488. The Kier molecular flexibility index (Phi) is 4.40. The summed E-state index contributed by atoms with van der Waals surface area (Å²) in [5.41, 5.74) is 1.48. The number of carbonyl (C=O) groups is 1. The van der Waals surface area contributed by atoms with Crippen molar-refractivity contribution in [3.8, 4) is 0 Å². The van der Waals surface area contributed by atoms with Crippen molar-refractivity contribution >= 4 is 5.97 Å². The Hall–Kier alpha value is -1.77. The molecule has 19 heavy (non-hydrogen) atoms. The number of rotatable bonds is 4. The van der Waals surface area contributed by atoms with Crippen molar-refractivity contribution in [2.75, 3.05) is 0 Å². The third kappa shape index (κ3) is 3.60. The average molecular weight is 284 g/mol. The van der Waals surface area contributed by atoms with Gasteiger partial charge in [-0.05, 0) is 11.6 Å². The molecule has 0 spiro atoms. The van der Waals surface area contributed by atoms with Crippen molar-refractivity contribution in [3.63, 3.8) is 0 Å². The zero-order valence-corrected chi connectivity index (χ0v) is 9.34. The van der Waals surface area contributed by atoms with Crippen molar-refractivity contribution in [2.24, 2.45) is 5.73 Å². The molecule has 1 aromatic rings. The number of alkyl halides is 5. The Morgan fingerprint density at radius 1 is 1.42 bits per heavy atom. The van der Waals surface area contributed by atoms with Gasteiger partial charge in [-0.25, -0.2) is 8.78 Å². The number of pyridine rings is 1. The van der Waals surface area contributed by atoms with E-state index < -0.39 is 48.5 Å². The van der Waals surface area contributed by atoms with Gasteiger partial charge in [0.2, 0.25) is 0 Å². The summed E-state index contributed by atoms with van der Waals surface area (Å²) in [6, 6.07) is 0.423. The molecule has 1 aromatic heterocycles. The van der Waals surface area contributed by atoms with Crippen LogP contribution in [0, 0.1) is 0 Å². The van der Waals surface area contributed by atoms with Crippen LogP contribution in [0.5, 0.6) is 0 Å². The average Bonchev–Trinajstić information content (AvgIpc) is 2.26. The van der Waals surface area contributed by atoms with E-state index in [1.807, 2.05) is 0 Å². The van der Waals surface area contributed by atoms with E-state index in [0.29, 0.717) is 6.07 Å². The minimum atomic E-state index is -5.01. The molecule has 0 bridgehead atoms. The van der Waals surface area contributed by atoms with Crippen molar-refractivity contribution in [3.05, 3.63) is 28.6 Å². The van der Waals surface area contributed by atoms with Crippen LogP contribution < -0.4 is 5.73 Å². The Balaban J connectivity index is 3.46. The van der Waals surface area contributed by atoms with E-state index in [9.17, 15) is 26.7 Å². The van der Waals surface area contributed by atoms with Gasteiger partial charge in [-0.3, -0.25) is 9.78 Å². The molecule has 1 rings (SSSR count). The zero-order chi connectivity index (χ0) is 14.8. The van der Waals surface area contributed by atoms with E-state index in [1.165, 1.54) is 0 Å². The summed E-state index contributed by atoms with van der Waals surface area (Å²) in [6.45, 7) is -0.428. The SMILES string of the molecule is NCc1cc(C(F)(F)F)c(C(F)F)nc1CC(=O)O. The van der Waals surface area contributed by atoms with E-state index >= 15 is 0 Å². The Morgan fingerprint density at radius 3 is 2.37 bits per heavy atom. The number of nitrogens with two attached hydrogens (primary N) is 1. The highest BCUT2D eigenvalue weighted by molar-refractivity contribution is 5.70. The van der Waals surface area contributed by atoms with Crippen LogP contribution in [-0.2, 0) is 23.9 Å². The van der Waals surface area contributed by atoms with Crippen LogP contribution in [0.25, 0.3) is 0 Å². The molecule has 0 aliphatic carbocycles. The third-order valence-electron chi connectivity index (χ3n) is 2.27. The maximum Gasteiger partial charge on any atom is 0.418 e. The third-order valence-corrected chi connectivity index (χ3v) is 2.27. The molecule has 9 heteroatoms. The Morgan fingerprint density at radius 2 is 2.00 bits per heavy atom. The van der Waals surface area contributed by atoms with Gasteiger partial charge in [0.05, 0.1) is 17.7 Å². The van der Waals surface area contributed by atoms with Gasteiger partial charge in [0.25, 0.3) is 6.43 Å². The van der Waals surface area contributed by atoms with Crippen LogP contribution in [0.15, 0.2) is 6.07 Å². The lowest BCUT2D eigenvalue weighted by atomic mass is 10.0. The summed E-state index contributed by atoms with van der Waals surface area (Å²) < 4.78 is 62.9. The fourth-order valence-electron chi connectivity index (χ4n) is 1.48. The minimum absolute atomic E-state index is 0.223. The minimum Gasteiger partial charge on any atom is -0.481 e. The van der Waals surface area contributed by atoms with Crippen LogP contribution in [0.4, 0.5) is 22.0 Å². The van der Waals surface area contributed by atoms with Gasteiger partial charge in [-0.2, -0.15) is 13.2 Å². The fourth-order valence-corrected chi connectivity index (χ4v) is 1.48. The number of aromatic nitrogens is 1. The maximum absolute atomic E-state index is 12.6.